The molecule has 0 spiro atoms. The molecule has 1 aliphatic carbocycles. The predicted molar refractivity (Wildman–Crippen MR) is 102 cm³/mol. The molecule has 1 aliphatic heterocycles. The van der Waals surface area contributed by atoms with E-state index in [2.05, 4.69) is 10.5 Å². The van der Waals surface area contributed by atoms with E-state index in [0.29, 0.717) is 33.8 Å². The SMILES string of the molecule is O=C(NN=Cc1cc2c(cc1Cl)OCO2)c1ccc(OC2CCCC2)cc1. The van der Waals surface area contributed by atoms with Gasteiger partial charge in [0, 0.05) is 17.2 Å². The summed E-state index contributed by atoms with van der Waals surface area (Å²) < 4.78 is 16.5. The summed E-state index contributed by atoms with van der Waals surface area (Å²) in [6, 6.07) is 10.5. The lowest BCUT2D eigenvalue weighted by molar-refractivity contribution is 0.0955. The Morgan fingerprint density at radius 1 is 1.15 bits per heavy atom. The summed E-state index contributed by atoms with van der Waals surface area (Å²) in [4.78, 5) is 12.2. The van der Waals surface area contributed by atoms with Gasteiger partial charge in [0.2, 0.25) is 6.79 Å². The molecule has 0 aromatic heterocycles. The molecule has 0 unspecified atom stereocenters. The standard InChI is InChI=1S/C20H19ClN2O4/c21-17-10-19-18(25-12-26-19)9-14(17)11-22-23-20(24)13-5-7-16(8-6-13)27-15-3-1-2-4-15/h5-11,15H,1-4,12H2,(H,23,24). The number of hydrogen-bond donors (Lipinski definition) is 1. The number of ether oxygens (including phenoxy) is 3. The Labute approximate surface area is 162 Å². The molecule has 1 saturated carbocycles. The number of amides is 1. The lowest BCUT2D eigenvalue weighted by Crippen LogP contribution is -2.17. The maximum absolute atomic E-state index is 12.2. The molecule has 0 bridgehead atoms. The molecule has 6 nitrogen and oxygen atoms in total. The van der Waals surface area contributed by atoms with Crippen LogP contribution < -0.4 is 19.6 Å². The zero-order valence-corrected chi connectivity index (χ0v) is 15.4. The maximum atomic E-state index is 12.2. The van der Waals surface area contributed by atoms with Crippen LogP contribution in [0.4, 0.5) is 0 Å². The topological polar surface area (TPSA) is 69.2 Å². The van der Waals surface area contributed by atoms with Gasteiger partial charge in [-0.05, 0) is 56.0 Å². The van der Waals surface area contributed by atoms with Crippen LogP contribution in [0.1, 0.15) is 41.6 Å². The van der Waals surface area contributed by atoms with Crippen LogP contribution >= 0.6 is 11.6 Å². The first kappa shape index (κ1) is 17.7. The number of carbonyl (C=O) groups excluding carboxylic acids is 1. The van der Waals surface area contributed by atoms with Crippen molar-refractivity contribution in [3.8, 4) is 17.2 Å². The Morgan fingerprint density at radius 2 is 1.85 bits per heavy atom. The number of fused-ring (bicyclic) bond motifs is 1. The minimum absolute atomic E-state index is 0.170. The highest BCUT2D eigenvalue weighted by atomic mass is 35.5. The van der Waals surface area contributed by atoms with E-state index in [1.807, 2.05) is 12.1 Å². The van der Waals surface area contributed by atoms with Gasteiger partial charge < -0.3 is 14.2 Å². The van der Waals surface area contributed by atoms with Crippen LogP contribution in [0.5, 0.6) is 17.2 Å². The first-order valence-corrected chi connectivity index (χ1v) is 9.26. The number of hydrogen-bond acceptors (Lipinski definition) is 5. The Morgan fingerprint density at radius 3 is 2.59 bits per heavy atom. The van der Waals surface area contributed by atoms with Crippen molar-refractivity contribution in [2.45, 2.75) is 31.8 Å². The Kier molecular flexibility index (Phi) is 5.16. The highest BCUT2D eigenvalue weighted by molar-refractivity contribution is 6.33. The van der Waals surface area contributed by atoms with E-state index in [-0.39, 0.29) is 12.7 Å². The van der Waals surface area contributed by atoms with Gasteiger partial charge in [0.25, 0.3) is 5.91 Å². The lowest BCUT2D eigenvalue weighted by atomic mass is 10.2. The van der Waals surface area contributed by atoms with Crippen molar-refractivity contribution >= 4 is 23.7 Å². The van der Waals surface area contributed by atoms with Gasteiger partial charge in [-0.3, -0.25) is 4.79 Å². The molecule has 2 aliphatic rings. The smallest absolute Gasteiger partial charge is 0.271 e. The highest BCUT2D eigenvalue weighted by Crippen LogP contribution is 2.36. The van der Waals surface area contributed by atoms with Crippen molar-refractivity contribution in [3.63, 3.8) is 0 Å². The average molecular weight is 387 g/mol. The Bertz CT molecular complexity index is 861. The van der Waals surface area contributed by atoms with Crippen LogP contribution in [-0.4, -0.2) is 25.0 Å². The molecule has 2 aromatic rings. The Hall–Kier alpha value is -2.73. The number of benzene rings is 2. The second-order valence-electron chi connectivity index (χ2n) is 6.47. The van der Waals surface area contributed by atoms with Crippen LogP contribution in [0, 0.1) is 0 Å². The zero-order chi connectivity index (χ0) is 18.6. The summed E-state index contributed by atoms with van der Waals surface area (Å²) in [5.74, 6) is 1.68. The first-order valence-electron chi connectivity index (χ1n) is 8.88. The number of halogens is 1. The molecule has 0 radical (unpaired) electrons. The molecule has 1 fully saturated rings. The van der Waals surface area contributed by atoms with Gasteiger partial charge in [0.1, 0.15) is 5.75 Å². The second kappa shape index (κ2) is 7.88. The zero-order valence-electron chi connectivity index (χ0n) is 14.6. The first-order chi connectivity index (χ1) is 13.2. The second-order valence-corrected chi connectivity index (χ2v) is 6.88. The fourth-order valence-electron chi connectivity index (χ4n) is 3.14. The molecule has 7 heteroatoms. The van der Waals surface area contributed by atoms with Gasteiger partial charge in [-0.15, -0.1) is 0 Å². The largest absolute Gasteiger partial charge is 0.490 e. The molecule has 0 saturated heterocycles. The lowest BCUT2D eigenvalue weighted by Gasteiger charge is -2.13. The van der Waals surface area contributed by atoms with E-state index >= 15 is 0 Å². The van der Waals surface area contributed by atoms with Crippen molar-refractivity contribution in [2.75, 3.05) is 6.79 Å². The van der Waals surface area contributed by atoms with Crippen molar-refractivity contribution in [1.29, 1.82) is 0 Å². The molecule has 27 heavy (non-hydrogen) atoms. The van der Waals surface area contributed by atoms with Gasteiger partial charge in [0.15, 0.2) is 11.5 Å². The third kappa shape index (κ3) is 4.17. The van der Waals surface area contributed by atoms with Gasteiger partial charge >= 0.3 is 0 Å². The van der Waals surface area contributed by atoms with Crippen molar-refractivity contribution < 1.29 is 19.0 Å². The molecule has 0 atom stereocenters. The van der Waals surface area contributed by atoms with Crippen LogP contribution in [-0.2, 0) is 0 Å². The van der Waals surface area contributed by atoms with Gasteiger partial charge in [-0.25, -0.2) is 5.43 Å². The summed E-state index contributed by atoms with van der Waals surface area (Å²) in [7, 11) is 0. The molecular weight excluding hydrogens is 368 g/mol. The quantitative estimate of drug-likeness (QED) is 0.619. The van der Waals surface area contributed by atoms with Gasteiger partial charge in [-0.1, -0.05) is 11.6 Å². The van der Waals surface area contributed by atoms with E-state index in [1.165, 1.54) is 19.1 Å². The molecule has 2 aromatic carbocycles. The molecule has 1 N–H and O–H groups in total. The molecular formula is C20H19ClN2O4. The van der Waals surface area contributed by atoms with E-state index in [4.69, 9.17) is 25.8 Å². The van der Waals surface area contributed by atoms with Crippen molar-refractivity contribution in [2.24, 2.45) is 5.10 Å². The number of carbonyl (C=O) groups is 1. The summed E-state index contributed by atoms with van der Waals surface area (Å²) in [6.07, 6.45) is 6.40. The minimum atomic E-state index is -0.310. The number of hydrazone groups is 1. The fraction of sp³-hybridized carbons (Fsp3) is 0.300. The monoisotopic (exact) mass is 386 g/mol. The van der Waals surface area contributed by atoms with Crippen LogP contribution in [0.25, 0.3) is 0 Å². The Balaban J connectivity index is 1.35. The van der Waals surface area contributed by atoms with E-state index in [1.54, 1.807) is 24.3 Å². The minimum Gasteiger partial charge on any atom is -0.490 e. The summed E-state index contributed by atoms with van der Waals surface area (Å²) in [5, 5.41) is 4.44. The molecule has 4 rings (SSSR count). The summed E-state index contributed by atoms with van der Waals surface area (Å²) in [5.41, 5.74) is 3.62. The maximum Gasteiger partial charge on any atom is 0.271 e. The number of rotatable bonds is 5. The average Bonchev–Trinajstić information content (AvgIpc) is 3.34. The third-order valence-corrected chi connectivity index (χ3v) is 4.91. The van der Waals surface area contributed by atoms with Crippen molar-refractivity contribution in [3.05, 3.63) is 52.5 Å². The summed E-state index contributed by atoms with van der Waals surface area (Å²) >= 11 is 6.17. The van der Waals surface area contributed by atoms with Crippen LogP contribution in [0.15, 0.2) is 41.5 Å². The van der Waals surface area contributed by atoms with E-state index in [9.17, 15) is 4.79 Å². The fourth-order valence-corrected chi connectivity index (χ4v) is 3.34. The predicted octanol–water partition coefficient (Wildman–Crippen LogP) is 4.15. The highest BCUT2D eigenvalue weighted by Gasteiger charge is 2.17. The number of nitrogens with zero attached hydrogens (tertiary/aromatic N) is 1. The molecule has 140 valence electrons. The van der Waals surface area contributed by atoms with Crippen LogP contribution in [0.3, 0.4) is 0 Å². The normalized spacial score (nSPS) is 16.0. The number of nitrogens with one attached hydrogen (secondary N) is 1. The van der Waals surface area contributed by atoms with E-state index in [0.717, 1.165) is 18.6 Å². The van der Waals surface area contributed by atoms with Gasteiger partial charge in [-0.2, -0.15) is 5.10 Å². The summed E-state index contributed by atoms with van der Waals surface area (Å²) in [6.45, 7) is 0.170. The third-order valence-electron chi connectivity index (χ3n) is 4.58. The van der Waals surface area contributed by atoms with Crippen LogP contribution in [0.2, 0.25) is 5.02 Å². The van der Waals surface area contributed by atoms with Gasteiger partial charge in [0.05, 0.1) is 17.3 Å². The molecule has 1 heterocycles. The van der Waals surface area contributed by atoms with E-state index < -0.39 is 0 Å². The molecule has 1 amide bonds. The van der Waals surface area contributed by atoms with Crippen molar-refractivity contribution in [1.82, 2.24) is 5.43 Å².